The molecule has 106 valence electrons. The second kappa shape index (κ2) is 5.64. The van der Waals surface area contributed by atoms with Crippen molar-refractivity contribution in [2.45, 2.75) is 10.2 Å². The van der Waals surface area contributed by atoms with Crippen molar-refractivity contribution in [2.24, 2.45) is 5.73 Å². The number of hydrogen-bond donors (Lipinski definition) is 1. The third-order valence-corrected chi connectivity index (χ3v) is 3.47. The topological polar surface area (TPSA) is 95.9 Å². The Morgan fingerprint density at radius 1 is 1.50 bits per heavy atom. The van der Waals surface area contributed by atoms with Gasteiger partial charge in [-0.3, -0.25) is 0 Å². The molecule has 7 nitrogen and oxygen atoms in total. The van der Waals surface area contributed by atoms with Crippen LogP contribution in [0.4, 0.5) is 13.6 Å². The van der Waals surface area contributed by atoms with E-state index in [1.165, 1.54) is 6.33 Å². The molecule has 1 atom stereocenters. The fourth-order valence-electron chi connectivity index (χ4n) is 1.57. The molecule has 0 fully saturated rings. The van der Waals surface area contributed by atoms with Crippen LogP contribution >= 0.6 is 22.6 Å². The highest BCUT2D eigenvalue weighted by molar-refractivity contribution is 14.1. The highest BCUT2D eigenvalue weighted by Gasteiger charge is 2.37. The van der Waals surface area contributed by atoms with Crippen molar-refractivity contribution in [3.05, 3.63) is 41.7 Å². The second-order valence-electron chi connectivity index (χ2n) is 3.74. The Morgan fingerprint density at radius 3 is 2.80 bits per heavy atom. The number of carbonyl (C=O) groups is 1. The summed E-state index contributed by atoms with van der Waals surface area (Å²) in [6.45, 7) is -0.140. The van der Waals surface area contributed by atoms with E-state index >= 15 is 0 Å². The van der Waals surface area contributed by atoms with Crippen LogP contribution in [0.1, 0.15) is 5.56 Å². The fourth-order valence-corrected chi connectivity index (χ4v) is 2.53. The molecule has 1 aromatic heterocycles. The largest absolute Gasteiger partial charge is 0.425 e. The van der Waals surface area contributed by atoms with Gasteiger partial charge in [0, 0.05) is 11.6 Å². The van der Waals surface area contributed by atoms with Gasteiger partial charge in [0.05, 0.1) is 0 Å². The van der Waals surface area contributed by atoms with Crippen LogP contribution in [-0.4, -0.2) is 26.3 Å². The number of aromatic nitrogens is 4. The summed E-state index contributed by atoms with van der Waals surface area (Å²) >= 11 is 1.68. The van der Waals surface area contributed by atoms with Crippen LogP contribution in [0.3, 0.4) is 0 Å². The zero-order valence-corrected chi connectivity index (χ0v) is 12.0. The number of tetrazole rings is 1. The van der Waals surface area contributed by atoms with E-state index in [-0.39, 0.29) is 12.1 Å². The highest BCUT2D eigenvalue weighted by atomic mass is 127. The van der Waals surface area contributed by atoms with Crippen LogP contribution < -0.4 is 5.73 Å². The molecule has 0 aliphatic carbocycles. The summed E-state index contributed by atoms with van der Waals surface area (Å²) in [5, 5.41) is 10.8. The van der Waals surface area contributed by atoms with Crippen molar-refractivity contribution in [2.75, 3.05) is 0 Å². The zero-order chi connectivity index (χ0) is 14.8. The molecule has 1 amide bonds. The molecule has 0 aliphatic heterocycles. The average molecular weight is 395 g/mol. The number of nitrogens with zero attached hydrogens (tertiary/aromatic N) is 4. The fraction of sp³-hybridized carbons (Fsp3) is 0.200. The predicted octanol–water partition coefficient (Wildman–Crippen LogP) is 1.33. The van der Waals surface area contributed by atoms with Gasteiger partial charge in [-0.15, -0.1) is 10.2 Å². The Hall–Kier alpha value is -1.85. The van der Waals surface area contributed by atoms with Gasteiger partial charge in [-0.2, -0.15) is 4.80 Å². The van der Waals surface area contributed by atoms with Gasteiger partial charge in [-0.1, -0.05) is 0 Å². The molecular formula is C10H8F2IN5O2. The standard InChI is InChI=1S/C10H8F2IN5O2/c11-6-1-2-7(8(12)3-6)10(13,20-9(14)19)4-18-16-5-15-17-18/h1-3,5H,4H2,(H2,14,19). The van der Waals surface area contributed by atoms with Crippen LogP contribution in [0.15, 0.2) is 24.5 Å². The SMILES string of the molecule is NC(=O)OC(I)(Cn1ncnn1)c1ccc(F)cc1F. The molecule has 0 saturated carbocycles. The van der Waals surface area contributed by atoms with Crippen LogP contribution in [0.25, 0.3) is 0 Å². The Morgan fingerprint density at radius 2 is 2.25 bits per heavy atom. The lowest BCUT2D eigenvalue weighted by atomic mass is 10.1. The molecule has 0 aliphatic rings. The molecule has 0 saturated heterocycles. The molecule has 1 heterocycles. The van der Waals surface area contributed by atoms with E-state index in [0.717, 1.165) is 16.9 Å². The minimum atomic E-state index is -1.53. The van der Waals surface area contributed by atoms with E-state index in [4.69, 9.17) is 10.5 Å². The lowest BCUT2D eigenvalue weighted by Gasteiger charge is -2.26. The third kappa shape index (κ3) is 3.18. The molecule has 1 aromatic carbocycles. The first-order valence-electron chi connectivity index (χ1n) is 5.24. The number of hydrogen-bond acceptors (Lipinski definition) is 5. The van der Waals surface area contributed by atoms with Gasteiger partial charge in [0.2, 0.25) is 3.61 Å². The quantitative estimate of drug-likeness (QED) is 0.623. The summed E-state index contributed by atoms with van der Waals surface area (Å²) in [5.74, 6) is -1.62. The van der Waals surface area contributed by atoms with Crippen molar-refractivity contribution < 1.29 is 18.3 Å². The number of rotatable bonds is 4. The van der Waals surface area contributed by atoms with E-state index in [9.17, 15) is 13.6 Å². The number of carbonyl (C=O) groups excluding carboxylic acids is 1. The Balaban J connectivity index is 2.42. The van der Waals surface area contributed by atoms with Crippen molar-refractivity contribution >= 4 is 28.7 Å². The summed E-state index contributed by atoms with van der Waals surface area (Å²) in [5.41, 5.74) is 4.94. The maximum Gasteiger partial charge on any atom is 0.406 e. The minimum absolute atomic E-state index is 0.0596. The lowest BCUT2D eigenvalue weighted by molar-refractivity contribution is 0.0748. The number of alkyl halides is 1. The highest BCUT2D eigenvalue weighted by Crippen LogP contribution is 2.36. The molecule has 0 bridgehead atoms. The van der Waals surface area contributed by atoms with Crippen LogP contribution in [-0.2, 0) is 14.9 Å². The molecule has 0 radical (unpaired) electrons. The predicted molar refractivity (Wildman–Crippen MR) is 70.5 cm³/mol. The summed E-state index contributed by atoms with van der Waals surface area (Å²) in [7, 11) is 0. The van der Waals surface area contributed by atoms with Gasteiger partial charge in [0.25, 0.3) is 0 Å². The van der Waals surface area contributed by atoms with Crippen molar-refractivity contribution in [1.29, 1.82) is 0 Å². The Bertz CT molecular complexity index is 624. The smallest absolute Gasteiger partial charge is 0.406 e. The van der Waals surface area contributed by atoms with Crippen molar-refractivity contribution in [1.82, 2.24) is 20.2 Å². The van der Waals surface area contributed by atoms with Gasteiger partial charge < -0.3 is 10.5 Å². The van der Waals surface area contributed by atoms with E-state index in [1.54, 1.807) is 22.6 Å². The van der Waals surface area contributed by atoms with E-state index in [2.05, 4.69) is 15.4 Å². The second-order valence-corrected chi connectivity index (χ2v) is 5.48. The summed E-state index contributed by atoms with van der Waals surface area (Å²) in [6, 6.07) is 2.89. The summed E-state index contributed by atoms with van der Waals surface area (Å²) in [4.78, 5) is 12.1. The molecule has 1 unspecified atom stereocenters. The first-order chi connectivity index (χ1) is 9.40. The number of primary amides is 1. The van der Waals surface area contributed by atoms with Crippen molar-refractivity contribution in [3.63, 3.8) is 0 Å². The third-order valence-electron chi connectivity index (χ3n) is 2.33. The average Bonchev–Trinajstić information content (AvgIpc) is 2.79. The van der Waals surface area contributed by atoms with Crippen LogP contribution in [0.2, 0.25) is 0 Å². The normalized spacial score (nSPS) is 13.8. The molecular weight excluding hydrogens is 387 g/mol. The number of nitrogens with two attached hydrogens (primary N) is 1. The van der Waals surface area contributed by atoms with E-state index in [1.807, 2.05) is 0 Å². The van der Waals surface area contributed by atoms with Crippen LogP contribution in [0, 0.1) is 11.6 Å². The summed E-state index contributed by atoms with van der Waals surface area (Å²) < 4.78 is 30.3. The molecule has 0 spiro atoms. The number of amides is 1. The van der Waals surface area contributed by atoms with Crippen molar-refractivity contribution in [3.8, 4) is 0 Å². The van der Waals surface area contributed by atoms with Gasteiger partial charge in [0.15, 0.2) is 6.33 Å². The molecule has 2 aromatic rings. The van der Waals surface area contributed by atoms with Gasteiger partial charge in [0.1, 0.15) is 18.2 Å². The summed E-state index contributed by atoms with van der Waals surface area (Å²) in [6.07, 6.45) is 0.0609. The Labute approximate surface area is 125 Å². The Kier molecular flexibility index (Phi) is 4.11. The first kappa shape index (κ1) is 14.6. The monoisotopic (exact) mass is 395 g/mol. The molecule has 20 heavy (non-hydrogen) atoms. The molecule has 2 N–H and O–H groups in total. The van der Waals surface area contributed by atoms with Gasteiger partial charge in [-0.25, -0.2) is 13.6 Å². The van der Waals surface area contributed by atoms with E-state index < -0.39 is 21.3 Å². The minimum Gasteiger partial charge on any atom is -0.425 e. The maximum atomic E-state index is 13.9. The molecule has 10 heteroatoms. The van der Waals surface area contributed by atoms with E-state index in [0.29, 0.717) is 6.07 Å². The first-order valence-corrected chi connectivity index (χ1v) is 6.32. The lowest BCUT2D eigenvalue weighted by Crippen LogP contribution is -2.35. The van der Waals surface area contributed by atoms with Gasteiger partial charge in [-0.05, 0) is 39.9 Å². The van der Waals surface area contributed by atoms with Gasteiger partial charge >= 0.3 is 6.09 Å². The number of halogens is 3. The zero-order valence-electron chi connectivity index (χ0n) is 9.83. The maximum absolute atomic E-state index is 13.9. The number of benzene rings is 1. The van der Waals surface area contributed by atoms with Crippen LogP contribution in [0.5, 0.6) is 0 Å². The molecule has 2 rings (SSSR count). The number of ether oxygens (including phenoxy) is 1.